The minimum Gasteiger partial charge on any atom is -0.493 e. The van der Waals surface area contributed by atoms with Gasteiger partial charge in [-0.2, -0.15) is 0 Å². The summed E-state index contributed by atoms with van der Waals surface area (Å²) in [6, 6.07) is 7.28. The first-order chi connectivity index (χ1) is 9.34. The zero-order chi connectivity index (χ0) is 15.2. The van der Waals surface area contributed by atoms with Crippen LogP contribution in [-0.4, -0.2) is 19.2 Å². The van der Waals surface area contributed by atoms with Crippen LogP contribution in [0.5, 0.6) is 5.75 Å². The number of quaternary nitrogens is 1. The van der Waals surface area contributed by atoms with Crippen molar-refractivity contribution in [2.45, 2.75) is 65.8 Å². The van der Waals surface area contributed by atoms with Crippen LogP contribution in [0.1, 0.15) is 58.6 Å². The molecule has 2 heteroatoms. The van der Waals surface area contributed by atoms with Gasteiger partial charge in [0.25, 0.3) is 0 Å². The quantitative estimate of drug-likeness (QED) is 0.760. The minimum atomic E-state index is 0.203. The van der Waals surface area contributed by atoms with Crippen LogP contribution in [0.4, 0.5) is 0 Å². The van der Waals surface area contributed by atoms with Gasteiger partial charge in [0.2, 0.25) is 0 Å². The van der Waals surface area contributed by atoms with E-state index in [0.717, 1.165) is 31.4 Å². The predicted molar refractivity (Wildman–Crippen MR) is 86.5 cm³/mol. The van der Waals surface area contributed by atoms with Crippen molar-refractivity contribution in [1.82, 2.24) is 0 Å². The van der Waals surface area contributed by atoms with Crippen molar-refractivity contribution in [2.75, 3.05) is 13.2 Å². The number of hydrogen-bond donors (Lipinski definition) is 1. The lowest BCUT2D eigenvalue weighted by Crippen LogP contribution is -2.89. The third-order valence-corrected chi connectivity index (χ3v) is 3.86. The second-order valence-electron chi connectivity index (χ2n) is 6.84. The van der Waals surface area contributed by atoms with E-state index < -0.39 is 0 Å². The van der Waals surface area contributed by atoms with Gasteiger partial charge in [0.15, 0.2) is 0 Å². The molecular formula is C18H32NO+. The van der Waals surface area contributed by atoms with E-state index in [2.05, 4.69) is 65.1 Å². The average molecular weight is 278 g/mol. The highest BCUT2D eigenvalue weighted by atomic mass is 16.5. The van der Waals surface area contributed by atoms with Gasteiger partial charge < -0.3 is 10.1 Å². The van der Waals surface area contributed by atoms with Crippen molar-refractivity contribution >= 4 is 0 Å². The Morgan fingerprint density at radius 1 is 1.25 bits per heavy atom. The maximum Gasteiger partial charge on any atom is 0.122 e. The van der Waals surface area contributed by atoms with Gasteiger partial charge in [-0.15, -0.1) is 0 Å². The van der Waals surface area contributed by atoms with Gasteiger partial charge in [-0.1, -0.05) is 39.8 Å². The summed E-state index contributed by atoms with van der Waals surface area (Å²) in [6.45, 7) is 15.3. The Bertz CT molecular complexity index is 406. The summed E-state index contributed by atoms with van der Waals surface area (Å²) in [5.74, 6) is 1.03. The zero-order valence-corrected chi connectivity index (χ0v) is 14.1. The van der Waals surface area contributed by atoms with Gasteiger partial charge >= 0.3 is 0 Å². The molecule has 0 saturated heterocycles. The number of rotatable bonds is 7. The summed E-state index contributed by atoms with van der Waals surface area (Å²) >= 11 is 0. The smallest absolute Gasteiger partial charge is 0.122 e. The molecule has 2 N–H and O–H groups in total. The highest BCUT2D eigenvalue weighted by Crippen LogP contribution is 2.27. The second kappa shape index (κ2) is 7.68. The zero-order valence-electron chi connectivity index (χ0n) is 14.1. The van der Waals surface area contributed by atoms with Crippen LogP contribution in [0, 0.1) is 6.92 Å². The largest absolute Gasteiger partial charge is 0.493 e. The maximum atomic E-state index is 5.90. The fraction of sp³-hybridized carbons (Fsp3) is 0.667. The van der Waals surface area contributed by atoms with E-state index in [9.17, 15) is 0 Å². The Morgan fingerprint density at radius 3 is 2.50 bits per heavy atom. The molecule has 0 aliphatic carbocycles. The summed E-state index contributed by atoms with van der Waals surface area (Å²) < 4.78 is 5.90. The predicted octanol–water partition coefficient (Wildman–Crippen LogP) is 3.42. The van der Waals surface area contributed by atoms with Crippen LogP contribution in [0.3, 0.4) is 0 Å². The second-order valence-corrected chi connectivity index (χ2v) is 6.84. The molecule has 2 nitrogen and oxygen atoms in total. The van der Waals surface area contributed by atoms with Gasteiger partial charge in [0.1, 0.15) is 5.75 Å². The van der Waals surface area contributed by atoms with E-state index in [1.807, 2.05) is 0 Å². The Morgan fingerprint density at radius 2 is 1.95 bits per heavy atom. The van der Waals surface area contributed by atoms with E-state index in [-0.39, 0.29) is 5.41 Å². The molecule has 0 bridgehead atoms. The average Bonchev–Trinajstić information content (AvgIpc) is 2.38. The monoisotopic (exact) mass is 278 g/mol. The number of benzene rings is 1. The lowest BCUT2D eigenvalue weighted by Gasteiger charge is -2.20. The maximum absolute atomic E-state index is 5.90. The molecule has 1 aromatic rings. The molecule has 0 aromatic heterocycles. The van der Waals surface area contributed by atoms with E-state index in [0.29, 0.717) is 0 Å². The van der Waals surface area contributed by atoms with Crippen LogP contribution in [0.25, 0.3) is 0 Å². The Labute approximate surface area is 124 Å². The van der Waals surface area contributed by atoms with Crippen molar-refractivity contribution in [3.63, 3.8) is 0 Å². The number of ether oxygens (including phenoxy) is 1. The Balaban J connectivity index is 2.42. The van der Waals surface area contributed by atoms with Crippen molar-refractivity contribution in [1.29, 1.82) is 0 Å². The molecule has 1 rings (SSSR count). The Kier molecular flexibility index (Phi) is 6.54. The molecule has 0 heterocycles. The van der Waals surface area contributed by atoms with Crippen LogP contribution < -0.4 is 10.1 Å². The van der Waals surface area contributed by atoms with Crippen LogP contribution >= 0.6 is 0 Å². The van der Waals surface area contributed by atoms with Crippen LogP contribution in [0.2, 0.25) is 0 Å². The minimum absolute atomic E-state index is 0.203. The first-order valence-electron chi connectivity index (χ1n) is 7.92. The summed E-state index contributed by atoms with van der Waals surface area (Å²) in [5.41, 5.74) is 2.81. The first-order valence-corrected chi connectivity index (χ1v) is 7.92. The summed E-state index contributed by atoms with van der Waals surface area (Å²) in [6.07, 6.45) is 2.33. The molecule has 0 radical (unpaired) electrons. The summed E-state index contributed by atoms with van der Waals surface area (Å²) in [7, 11) is 0. The highest BCUT2D eigenvalue weighted by Gasteiger charge is 2.14. The third-order valence-electron chi connectivity index (χ3n) is 3.86. The molecule has 0 aliphatic heterocycles. The van der Waals surface area contributed by atoms with Gasteiger partial charge in [0.05, 0.1) is 19.2 Å². The molecule has 0 spiro atoms. The Hall–Kier alpha value is -1.02. The highest BCUT2D eigenvalue weighted by molar-refractivity contribution is 5.38. The van der Waals surface area contributed by atoms with Crippen LogP contribution in [-0.2, 0) is 5.41 Å². The fourth-order valence-electron chi connectivity index (χ4n) is 2.11. The summed E-state index contributed by atoms with van der Waals surface area (Å²) in [5, 5.41) is 2.40. The van der Waals surface area contributed by atoms with Crippen molar-refractivity contribution in [2.24, 2.45) is 0 Å². The lowest BCUT2D eigenvalue weighted by atomic mass is 9.86. The van der Waals surface area contributed by atoms with Crippen LogP contribution in [0.15, 0.2) is 18.2 Å². The van der Waals surface area contributed by atoms with Gasteiger partial charge in [-0.05, 0) is 42.9 Å². The lowest BCUT2D eigenvalue weighted by molar-refractivity contribution is -0.686. The van der Waals surface area contributed by atoms with E-state index in [1.54, 1.807) is 0 Å². The number of hydrogen-bond acceptors (Lipinski definition) is 1. The molecule has 1 aromatic carbocycles. The van der Waals surface area contributed by atoms with E-state index in [4.69, 9.17) is 4.74 Å². The molecule has 20 heavy (non-hydrogen) atoms. The third kappa shape index (κ3) is 5.54. The number of nitrogens with two attached hydrogens (primary N) is 1. The van der Waals surface area contributed by atoms with Gasteiger partial charge in [-0.3, -0.25) is 0 Å². The fourth-order valence-corrected chi connectivity index (χ4v) is 2.11. The molecule has 114 valence electrons. The molecule has 0 fully saturated rings. The standard InChI is InChI=1S/C18H31NO/c1-7-15(3)19-11-8-12-20-17-10-9-16(13-14(17)2)18(4,5)6/h9-10,13,15,19H,7-8,11-12H2,1-6H3/p+1/t15-/m0/s1. The summed E-state index contributed by atoms with van der Waals surface area (Å²) in [4.78, 5) is 0. The topological polar surface area (TPSA) is 25.8 Å². The van der Waals surface area contributed by atoms with Crippen molar-refractivity contribution in [3.05, 3.63) is 29.3 Å². The first kappa shape index (κ1) is 17.0. The number of aryl methyl sites for hydroxylation is 1. The molecule has 0 unspecified atom stereocenters. The molecule has 0 saturated carbocycles. The molecule has 1 atom stereocenters. The van der Waals surface area contributed by atoms with E-state index in [1.165, 1.54) is 17.5 Å². The molecule has 0 amide bonds. The van der Waals surface area contributed by atoms with Crippen molar-refractivity contribution in [3.8, 4) is 5.75 Å². The van der Waals surface area contributed by atoms with Gasteiger partial charge in [-0.25, -0.2) is 0 Å². The van der Waals surface area contributed by atoms with Crippen molar-refractivity contribution < 1.29 is 10.1 Å². The molecule has 0 aliphatic rings. The molecular weight excluding hydrogens is 246 g/mol. The normalized spacial score (nSPS) is 13.3. The van der Waals surface area contributed by atoms with Gasteiger partial charge in [0, 0.05) is 6.42 Å². The van der Waals surface area contributed by atoms with E-state index >= 15 is 0 Å². The SMILES string of the molecule is CC[C@H](C)[NH2+]CCCOc1ccc(C(C)(C)C)cc1C.